The van der Waals surface area contributed by atoms with Crippen LogP contribution in [0.2, 0.25) is 5.02 Å². The lowest BCUT2D eigenvalue weighted by Gasteiger charge is -2.31. The molecule has 162 valence electrons. The van der Waals surface area contributed by atoms with Crippen LogP contribution in [0.5, 0.6) is 0 Å². The summed E-state index contributed by atoms with van der Waals surface area (Å²) < 4.78 is 44.0. The Kier molecular flexibility index (Phi) is 7.44. The molecule has 0 saturated carbocycles. The van der Waals surface area contributed by atoms with Crippen LogP contribution in [-0.2, 0) is 10.8 Å². The zero-order valence-corrected chi connectivity index (χ0v) is 17.7. The normalized spacial score (nSPS) is 12.1. The van der Waals surface area contributed by atoms with E-state index in [4.69, 9.17) is 16.3 Å². The number of urea groups is 1. The monoisotopic (exact) mass is 442 g/mol. The van der Waals surface area contributed by atoms with E-state index < -0.39 is 30.5 Å². The maximum Gasteiger partial charge on any atom is 0.491 e. The molecule has 0 radical (unpaired) electrons. The van der Waals surface area contributed by atoms with Crippen molar-refractivity contribution in [2.75, 3.05) is 10.6 Å². The molecule has 30 heavy (non-hydrogen) atoms. The second-order valence-corrected chi connectivity index (χ2v) is 8.03. The molecule has 0 aliphatic carbocycles. The Hall–Kier alpha value is -2.23. The molecule has 2 aromatic rings. The van der Waals surface area contributed by atoms with E-state index in [0.29, 0.717) is 5.46 Å². The second kappa shape index (κ2) is 9.28. The van der Waals surface area contributed by atoms with Gasteiger partial charge >= 0.3 is 19.3 Å². The molecule has 0 bridgehead atoms. The van der Waals surface area contributed by atoms with Crippen LogP contribution in [0.15, 0.2) is 42.5 Å². The van der Waals surface area contributed by atoms with Gasteiger partial charge in [0, 0.05) is 5.69 Å². The number of hydrogen-bond donors (Lipinski definition) is 3. The van der Waals surface area contributed by atoms with Crippen LogP contribution in [0.4, 0.5) is 29.3 Å². The van der Waals surface area contributed by atoms with Gasteiger partial charge in [0.1, 0.15) is 0 Å². The number of carbonyl (C=O) groups is 1. The van der Waals surface area contributed by atoms with E-state index in [1.165, 1.54) is 30.3 Å². The van der Waals surface area contributed by atoms with Gasteiger partial charge in [0.2, 0.25) is 0 Å². The van der Waals surface area contributed by atoms with Crippen LogP contribution >= 0.6 is 11.6 Å². The van der Waals surface area contributed by atoms with Gasteiger partial charge in [-0.1, -0.05) is 37.6 Å². The van der Waals surface area contributed by atoms with E-state index >= 15 is 0 Å². The Morgan fingerprint density at radius 2 is 1.80 bits per heavy atom. The number of halogens is 4. The van der Waals surface area contributed by atoms with Gasteiger partial charge in [-0.2, -0.15) is 13.2 Å². The van der Waals surface area contributed by atoms with Gasteiger partial charge in [-0.15, -0.1) is 0 Å². The molecule has 0 heterocycles. The largest absolute Gasteiger partial charge is 0.491 e. The van der Waals surface area contributed by atoms with E-state index in [0.717, 1.165) is 12.1 Å². The maximum absolute atomic E-state index is 12.8. The molecule has 0 aromatic heterocycles. The van der Waals surface area contributed by atoms with Crippen LogP contribution in [0.25, 0.3) is 0 Å². The lowest BCUT2D eigenvalue weighted by atomic mass is 9.77. The van der Waals surface area contributed by atoms with Gasteiger partial charge in [0.25, 0.3) is 0 Å². The molecule has 5 nitrogen and oxygen atoms in total. The number of carbonyl (C=O) groups excluding carboxylic acids is 1. The third kappa shape index (κ3) is 6.39. The molecule has 2 aromatic carbocycles. The van der Waals surface area contributed by atoms with Gasteiger partial charge in [-0.05, 0) is 55.6 Å². The fourth-order valence-electron chi connectivity index (χ4n) is 2.34. The van der Waals surface area contributed by atoms with Crippen molar-refractivity contribution in [1.29, 1.82) is 0 Å². The minimum Gasteiger partial charge on any atom is -0.423 e. The number of alkyl halides is 3. The van der Waals surface area contributed by atoms with E-state index in [-0.39, 0.29) is 22.3 Å². The Morgan fingerprint density at radius 3 is 2.37 bits per heavy atom. The molecule has 2 amide bonds. The van der Waals surface area contributed by atoms with Gasteiger partial charge in [0.05, 0.1) is 21.9 Å². The predicted octanol–water partition coefficient (Wildman–Crippen LogP) is 5.14. The van der Waals surface area contributed by atoms with Crippen molar-refractivity contribution in [3.05, 3.63) is 53.1 Å². The summed E-state index contributed by atoms with van der Waals surface area (Å²) in [6.07, 6.45) is -4.51. The average molecular weight is 443 g/mol. The topological polar surface area (TPSA) is 70.6 Å². The van der Waals surface area contributed by atoms with Gasteiger partial charge in [-0.25, -0.2) is 4.79 Å². The molecule has 10 heteroatoms. The molecule has 0 fully saturated rings. The first-order chi connectivity index (χ1) is 13.8. The first kappa shape index (κ1) is 24.0. The Balaban J connectivity index is 2.06. The first-order valence-electron chi connectivity index (χ1n) is 9.20. The molecule has 0 unspecified atom stereocenters. The lowest BCUT2D eigenvalue weighted by Crippen LogP contribution is -2.44. The highest BCUT2D eigenvalue weighted by Crippen LogP contribution is 2.30. The molecule has 0 saturated heterocycles. The third-order valence-corrected chi connectivity index (χ3v) is 5.09. The number of nitrogens with one attached hydrogen (secondary N) is 2. The van der Waals surface area contributed by atoms with Crippen LogP contribution in [0.1, 0.15) is 33.3 Å². The summed E-state index contributed by atoms with van der Waals surface area (Å²) >= 11 is 6.18. The van der Waals surface area contributed by atoms with Crippen LogP contribution in [0.3, 0.4) is 0 Å². The number of benzene rings is 2. The SMILES string of the molecule is CC(C)C(C)(C)OB(O)c1ccc(NC(=O)Nc2cccc(C(F)(F)F)c2)c(Cl)c1. The van der Waals surface area contributed by atoms with Gasteiger partial charge in [0.15, 0.2) is 0 Å². The average Bonchev–Trinajstić information content (AvgIpc) is 2.62. The number of anilines is 2. The minimum absolute atomic E-state index is 0.0187. The molecular weight excluding hydrogens is 419 g/mol. The summed E-state index contributed by atoms with van der Waals surface area (Å²) in [4.78, 5) is 12.1. The van der Waals surface area contributed by atoms with E-state index in [1.807, 2.05) is 27.7 Å². The summed E-state index contributed by atoms with van der Waals surface area (Å²) in [5, 5.41) is 15.2. The van der Waals surface area contributed by atoms with Gasteiger partial charge < -0.3 is 20.3 Å². The highest BCUT2D eigenvalue weighted by Gasteiger charge is 2.31. The highest BCUT2D eigenvalue weighted by molar-refractivity contribution is 6.60. The Labute approximate surface area is 178 Å². The summed E-state index contributed by atoms with van der Waals surface area (Å²) in [5.74, 6) is 0.156. The number of amides is 2. The van der Waals surface area contributed by atoms with Crippen molar-refractivity contribution in [3.63, 3.8) is 0 Å². The zero-order chi connectivity index (χ0) is 22.7. The molecule has 0 aliphatic heterocycles. The zero-order valence-electron chi connectivity index (χ0n) is 17.0. The van der Waals surface area contributed by atoms with Crippen molar-refractivity contribution in [2.45, 2.75) is 39.5 Å². The van der Waals surface area contributed by atoms with Crippen molar-refractivity contribution < 1.29 is 27.6 Å². The summed E-state index contributed by atoms with van der Waals surface area (Å²) in [5.41, 5.74) is -0.846. The summed E-state index contributed by atoms with van der Waals surface area (Å²) in [7, 11) is -1.21. The standard InChI is InChI=1S/C20H23BClF3N2O3/c1-12(2)19(3,4)30-21(29)14-8-9-17(16(22)11-14)27-18(28)26-15-7-5-6-13(10-15)20(23,24)25/h5-12,29H,1-4H3,(H2,26,27,28). The smallest absolute Gasteiger partial charge is 0.423 e. The fraction of sp³-hybridized carbons (Fsp3) is 0.350. The van der Waals surface area contributed by atoms with E-state index in [2.05, 4.69) is 10.6 Å². The Morgan fingerprint density at radius 1 is 1.13 bits per heavy atom. The highest BCUT2D eigenvalue weighted by atomic mass is 35.5. The molecule has 0 spiro atoms. The van der Waals surface area contributed by atoms with E-state index in [9.17, 15) is 23.0 Å². The van der Waals surface area contributed by atoms with Crippen molar-refractivity contribution >= 4 is 41.6 Å². The third-order valence-electron chi connectivity index (χ3n) is 4.78. The van der Waals surface area contributed by atoms with Crippen molar-refractivity contribution in [3.8, 4) is 0 Å². The number of hydrogen-bond acceptors (Lipinski definition) is 3. The molecule has 0 aliphatic rings. The van der Waals surface area contributed by atoms with Crippen LogP contribution < -0.4 is 16.1 Å². The minimum atomic E-state index is -4.51. The number of rotatable bonds is 6. The lowest BCUT2D eigenvalue weighted by molar-refractivity contribution is -0.137. The second-order valence-electron chi connectivity index (χ2n) is 7.63. The molecule has 0 atom stereocenters. The molecule has 3 N–H and O–H groups in total. The Bertz CT molecular complexity index is 907. The first-order valence-corrected chi connectivity index (χ1v) is 9.58. The van der Waals surface area contributed by atoms with Crippen molar-refractivity contribution in [2.24, 2.45) is 5.92 Å². The van der Waals surface area contributed by atoms with E-state index in [1.54, 1.807) is 0 Å². The fourth-order valence-corrected chi connectivity index (χ4v) is 2.57. The van der Waals surface area contributed by atoms with Gasteiger partial charge in [-0.3, -0.25) is 0 Å². The quantitative estimate of drug-likeness (QED) is 0.542. The molecular formula is C20H23BClF3N2O3. The van der Waals surface area contributed by atoms with Crippen LogP contribution in [0, 0.1) is 5.92 Å². The summed E-state index contributed by atoms with van der Waals surface area (Å²) in [6, 6.07) is 7.96. The van der Waals surface area contributed by atoms with Crippen LogP contribution in [-0.4, -0.2) is 23.8 Å². The van der Waals surface area contributed by atoms with Crippen molar-refractivity contribution in [1.82, 2.24) is 0 Å². The maximum atomic E-state index is 12.8. The predicted molar refractivity (Wildman–Crippen MR) is 113 cm³/mol. The summed E-state index contributed by atoms with van der Waals surface area (Å²) in [6.45, 7) is 7.65. The molecule has 2 rings (SSSR count).